The predicted molar refractivity (Wildman–Crippen MR) is 149 cm³/mol. The Hall–Kier alpha value is -5.20. The molecule has 0 fully saturated rings. The molecule has 0 radical (unpaired) electrons. The molecule has 3 nitrogen and oxygen atoms in total. The Balaban J connectivity index is 1.28. The van der Waals surface area contributed by atoms with E-state index in [0.29, 0.717) is 16.8 Å². The van der Waals surface area contributed by atoms with E-state index in [9.17, 15) is 9.59 Å². The number of imide groups is 1. The highest BCUT2D eigenvalue weighted by atomic mass is 16.2. The van der Waals surface area contributed by atoms with Crippen molar-refractivity contribution in [1.82, 2.24) is 0 Å². The van der Waals surface area contributed by atoms with Gasteiger partial charge in [-0.25, -0.2) is 4.90 Å². The molecule has 1 heterocycles. The van der Waals surface area contributed by atoms with E-state index in [1.807, 2.05) is 60.7 Å². The van der Waals surface area contributed by atoms with Gasteiger partial charge in [0, 0.05) is 27.6 Å². The summed E-state index contributed by atoms with van der Waals surface area (Å²) in [6.07, 6.45) is 0. The molecule has 0 unspecified atom stereocenters. The minimum Gasteiger partial charge on any atom is -0.268 e. The maximum absolute atomic E-state index is 13.3. The van der Waals surface area contributed by atoms with Gasteiger partial charge in [0.25, 0.3) is 11.8 Å². The number of carbonyl (C=O) groups is 2. The van der Waals surface area contributed by atoms with Crippen LogP contribution >= 0.6 is 0 Å². The summed E-state index contributed by atoms with van der Waals surface area (Å²) in [5.41, 5.74) is 3.41. The molecule has 1 aliphatic rings. The first-order valence-corrected chi connectivity index (χ1v) is 12.1. The van der Waals surface area contributed by atoms with E-state index in [0.717, 1.165) is 43.4 Å². The fourth-order valence-corrected chi connectivity index (χ4v) is 5.24. The van der Waals surface area contributed by atoms with Crippen molar-refractivity contribution in [3.63, 3.8) is 0 Å². The summed E-state index contributed by atoms with van der Waals surface area (Å²) in [4.78, 5) is 27.9. The second kappa shape index (κ2) is 8.19. The number of benzene rings is 6. The molecule has 0 aliphatic carbocycles. The second-order valence-corrected chi connectivity index (χ2v) is 9.15. The fraction of sp³-hybridized carbons (Fsp3) is 0. The molecule has 0 saturated heterocycles. The molecule has 2 amide bonds. The lowest BCUT2D eigenvalue weighted by atomic mass is 9.93. The molecule has 172 valence electrons. The van der Waals surface area contributed by atoms with Gasteiger partial charge >= 0.3 is 0 Å². The molecule has 3 heteroatoms. The van der Waals surface area contributed by atoms with Crippen LogP contribution in [0.2, 0.25) is 0 Å². The van der Waals surface area contributed by atoms with Gasteiger partial charge in [0.2, 0.25) is 0 Å². The maximum atomic E-state index is 13.3. The molecule has 1 aliphatic heterocycles. The van der Waals surface area contributed by atoms with Gasteiger partial charge in [-0.3, -0.25) is 9.59 Å². The topological polar surface area (TPSA) is 37.4 Å². The molecule has 0 bridgehead atoms. The Kier molecular flexibility index (Phi) is 4.67. The normalized spacial score (nSPS) is 12.7. The highest BCUT2D eigenvalue weighted by molar-refractivity contribution is 6.35. The first-order valence-electron chi connectivity index (χ1n) is 12.1. The van der Waals surface area contributed by atoms with E-state index in [1.54, 1.807) is 24.3 Å². The molecule has 37 heavy (non-hydrogen) atoms. The number of fused-ring (bicyclic) bond motifs is 2. The third-order valence-corrected chi connectivity index (χ3v) is 7.00. The van der Waals surface area contributed by atoms with E-state index in [4.69, 9.17) is 0 Å². The summed E-state index contributed by atoms with van der Waals surface area (Å²) in [5, 5.41) is 6.14. The van der Waals surface area contributed by atoms with Gasteiger partial charge in [-0.1, -0.05) is 84.6 Å². The predicted octanol–water partition coefficient (Wildman–Crippen LogP) is 7.35. The van der Waals surface area contributed by atoms with Crippen molar-refractivity contribution in [2.75, 3.05) is 4.90 Å². The van der Waals surface area contributed by atoms with Crippen molar-refractivity contribution in [3.8, 4) is 11.8 Å². The van der Waals surface area contributed by atoms with Gasteiger partial charge in [0.1, 0.15) is 0 Å². The van der Waals surface area contributed by atoms with Crippen molar-refractivity contribution >= 4 is 49.8 Å². The quantitative estimate of drug-likeness (QED) is 0.142. The Bertz CT molecular complexity index is 1870. The van der Waals surface area contributed by atoms with Gasteiger partial charge in [-0.05, 0) is 69.4 Å². The molecule has 0 atom stereocenters. The molecular formula is C34H19NO2. The lowest BCUT2D eigenvalue weighted by molar-refractivity contribution is 0.0893. The number of carbonyl (C=O) groups excluding carboxylic acids is 2. The third-order valence-electron chi connectivity index (χ3n) is 7.00. The van der Waals surface area contributed by atoms with Crippen LogP contribution in [0.1, 0.15) is 31.8 Å². The van der Waals surface area contributed by atoms with Crippen LogP contribution in [-0.2, 0) is 0 Å². The number of hydrogen-bond acceptors (Lipinski definition) is 2. The summed E-state index contributed by atoms with van der Waals surface area (Å²) in [6, 6.07) is 37.1. The van der Waals surface area contributed by atoms with Gasteiger partial charge in [-0.2, -0.15) is 0 Å². The van der Waals surface area contributed by atoms with Crippen molar-refractivity contribution in [2.24, 2.45) is 0 Å². The Morgan fingerprint density at radius 1 is 0.514 bits per heavy atom. The number of anilines is 1. The van der Waals surface area contributed by atoms with Crippen LogP contribution in [0, 0.1) is 11.8 Å². The molecule has 0 N–H and O–H groups in total. The lowest BCUT2D eigenvalue weighted by Crippen LogP contribution is -2.40. The summed E-state index contributed by atoms with van der Waals surface area (Å²) in [7, 11) is 0. The van der Waals surface area contributed by atoms with Crippen LogP contribution in [0.15, 0.2) is 115 Å². The van der Waals surface area contributed by atoms with Gasteiger partial charge in [0.05, 0.1) is 5.69 Å². The smallest absolute Gasteiger partial charge is 0.265 e. The van der Waals surface area contributed by atoms with Crippen LogP contribution in [0.4, 0.5) is 5.69 Å². The first kappa shape index (κ1) is 21.1. The highest BCUT2D eigenvalue weighted by Gasteiger charge is 2.33. The molecule has 0 saturated carbocycles. The third kappa shape index (κ3) is 3.31. The molecule has 6 aromatic carbocycles. The van der Waals surface area contributed by atoms with E-state index in [2.05, 4.69) is 42.2 Å². The summed E-state index contributed by atoms with van der Waals surface area (Å²) < 4.78 is 0. The number of amides is 2. The minimum absolute atomic E-state index is 0.310. The summed E-state index contributed by atoms with van der Waals surface area (Å²) in [5.74, 6) is 6.06. The van der Waals surface area contributed by atoms with E-state index in [-0.39, 0.29) is 11.8 Å². The van der Waals surface area contributed by atoms with Gasteiger partial charge in [0.15, 0.2) is 0 Å². The van der Waals surface area contributed by atoms with Crippen molar-refractivity contribution in [2.45, 2.75) is 0 Å². The zero-order valence-electron chi connectivity index (χ0n) is 19.7. The Labute approximate surface area is 213 Å². The largest absolute Gasteiger partial charge is 0.268 e. The highest BCUT2D eigenvalue weighted by Crippen LogP contribution is 2.33. The minimum atomic E-state index is -0.310. The number of nitrogens with zero attached hydrogens (tertiary/aromatic N) is 1. The number of hydrogen-bond donors (Lipinski definition) is 0. The van der Waals surface area contributed by atoms with Crippen molar-refractivity contribution < 1.29 is 9.59 Å². The SMILES string of the molecule is O=C1c2cccc3cccc(c23)C(=O)N1c1ccc(C#Cc2c3ccccc3cc3ccccc23)cc1. The van der Waals surface area contributed by atoms with E-state index < -0.39 is 0 Å². The molecular weight excluding hydrogens is 454 g/mol. The zero-order chi connectivity index (χ0) is 24.9. The van der Waals surface area contributed by atoms with Crippen molar-refractivity contribution in [1.29, 1.82) is 0 Å². The zero-order valence-corrected chi connectivity index (χ0v) is 19.7. The lowest BCUT2D eigenvalue weighted by Gasteiger charge is -2.27. The Morgan fingerprint density at radius 3 is 1.65 bits per heavy atom. The molecule has 7 rings (SSSR count). The number of rotatable bonds is 1. The monoisotopic (exact) mass is 473 g/mol. The second-order valence-electron chi connectivity index (χ2n) is 9.15. The average Bonchev–Trinajstić information content (AvgIpc) is 2.94. The van der Waals surface area contributed by atoms with Gasteiger partial charge in [-0.15, -0.1) is 0 Å². The molecule has 0 aromatic heterocycles. The average molecular weight is 474 g/mol. The van der Waals surface area contributed by atoms with Crippen LogP contribution in [-0.4, -0.2) is 11.8 Å². The molecule has 6 aromatic rings. The Morgan fingerprint density at radius 2 is 1.05 bits per heavy atom. The van der Waals surface area contributed by atoms with E-state index in [1.165, 1.54) is 4.90 Å². The van der Waals surface area contributed by atoms with Crippen LogP contribution in [0.25, 0.3) is 32.3 Å². The summed E-state index contributed by atoms with van der Waals surface area (Å²) in [6.45, 7) is 0. The maximum Gasteiger partial charge on any atom is 0.265 e. The summed E-state index contributed by atoms with van der Waals surface area (Å²) >= 11 is 0. The van der Waals surface area contributed by atoms with E-state index >= 15 is 0 Å². The fourth-order valence-electron chi connectivity index (χ4n) is 5.24. The first-order chi connectivity index (χ1) is 18.2. The standard InChI is InChI=1S/C34H19NO2/c36-33-30-13-5-9-23-10-6-14-31(32(23)30)34(37)35(33)26-18-15-22(16-19-26)17-20-29-27-11-3-1-7-24(27)21-25-8-2-4-12-28(25)29/h1-16,18-19,21H. The van der Waals surface area contributed by atoms with Gasteiger partial charge < -0.3 is 0 Å². The van der Waals surface area contributed by atoms with Crippen LogP contribution in [0.3, 0.4) is 0 Å². The molecule has 0 spiro atoms. The van der Waals surface area contributed by atoms with Crippen LogP contribution < -0.4 is 4.90 Å². The van der Waals surface area contributed by atoms with Crippen molar-refractivity contribution in [3.05, 3.63) is 138 Å². The van der Waals surface area contributed by atoms with Crippen LogP contribution in [0.5, 0.6) is 0 Å².